The summed E-state index contributed by atoms with van der Waals surface area (Å²) >= 11 is 0. The van der Waals surface area contributed by atoms with Crippen LogP contribution in [0.2, 0.25) is 0 Å². The summed E-state index contributed by atoms with van der Waals surface area (Å²) in [5.74, 6) is 0. The summed E-state index contributed by atoms with van der Waals surface area (Å²) in [6.45, 7) is 12.3. The minimum atomic E-state index is 1.21. The number of allylic oxidation sites excluding steroid dienone is 1. The number of rotatable bonds is 1. The normalized spacial score (nSPS) is 15.2. The van der Waals surface area contributed by atoms with Crippen molar-refractivity contribution in [3.63, 3.8) is 0 Å². The van der Waals surface area contributed by atoms with Crippen molar-refractivity contribution in [2.24, 2.45) is 0 Å². The van der Waals surface area contributed by atoms with Crippen LogP contribution in [0, 0.1) is 0 Å². The fraction of sp³-hybridized carbons (Fsp3) is 0.750. The second-order valence-electron chi connectivity index (χ2n) is 2.08. The number of likely N-dealkylation sites (tertiary alicyclic amines) is 1. The first-order chi connectivity index (χ1) is 4.30. The van der Waals surface area contributed by atoms with E-state index in [4.69, 9.17) is 0 Å². The molecule has 1 fully saturated rings. The van der Waals surface area contributed by atoms with Gasteiger partial charge < -0.3 is 4.90 Å². The lowest BCUT2D eigenvalue weighted by Crippen LogP contribution is -2.34. The molecule has 9 heavy (non-hydrogen) atoms. The molecule has 0 aliphatic carbocycles. The molecule has 0 unspecified atom stereocenters. The van der Waals surface area contributed by atoms with Gasteiger partial charge in [-0.2, -0.15) is 0 Å². The molecule has 1 rings (SSSR count). The Labute approximate surface area is 58.4 Å². The van der Waals surface area contributed by atoms with E-state index in [9.17, 15) is 0 Å². The van der Waals surface area contributed by atoms with Crippen LogP contribution in [0.15, 0.2) is 12.3 Å². The van der Waals surface area contributed by atoms with Crippen LogP contribution in [0.5, 0.6) is 0 Å². The molecular formula is C8H17N. The van der Waals surface area contributed by atoms with Gasteiger partial charge in [0, 0.05) is 18.8 Å². The molecule has 0 bridgehead atoms. The second-order valence-corrected chi connectivity index (χ2v) is 2.08. The minimum absolute atomic E-state index is 1.21. The first kappa shape index (κ1) is 8.54. The lowest BCUT2D eigenvalue weighted by atomic mass is 10.2. The van der Waals surface area contributed by atoms with Gasteiger partial charge in [0.25, 0.3) is 0 Å². The third kappa shape index (κ3) is 2.54. The molecule has 1 heterocycles. The van der Waals surface area contributed by atoms with E-state index in [1.54, 1.807) is 0 Å². The highest BCUT2D eigenvalue weighted by atomic mass is 15.2. The van der Waals surface area contributed by atoms with Crippen LogP contribution in [0.1, 0.15) is 27.2 Å². The van der Waals surface area contributed by atoms with E-state index in [-0.39, 0.29) is 0 Å². The Balaban J connectivity index is 0.000000291. The van der Waals surface area contributed by atoms with Crippen LogP contribution >= 0.6 is 0 Å². The molecule has 1 aliphatic heterocycles. The molecule has 1 heteroatoms. The molecule has 0 atom stereocenters. The van der Waals surface area contributed by atoms with E-state index >= 15 is 0 Å². The maximum atomic E-state index is 3.80. The fourth-order valence-corrected chi connectivity index (χ4v) is 0.698. The molecule has 1 nitrogen and oxygen atoms in total. The average Bonchev–Trinajstić information content (AvgIpc) is 1.65. The molecule has 0 aromatic rings. The van der Waals surface area contributed by atoms with E-state index in [1.807, 2.05) is 13.8 Å². The SMILES string of the molecule is C=C(C)N1CCC1.CC. The van der Waals surface area contributed by atoms with Crippen molar-refractivity contribution in [3.8, 4) is 0 Å². The van der Waals surface area contributed by atoms with E-state index in [1.165, 1.54) is 25.2 Å². The Bertz CT molecular complexity index is 82.6. The third-order valence-corrected chi connectivity index (χ3v) is 1.40. The van der Waals surface area contributed by atoms with Crippen molar-refractivity contribution < 1.29 is 0 Å². The van der Waals surface area contributed by atoms with E-state index < -0.39 is 0 Å². The summed E-state index contributed by atoms with van der Waals surface area (Å²) < 4.78 is 0. The van der Waals surface area contributed by atoms with Gasteiger partial charge in [-0.05, 0) is 13.3 Å². The topological polar surface area (TPSA) is 3.24 Å². The quantitative estimate of drug-likeness (QED) is 0.522. The third-order valence-electron chi connectivity index (χ3n) is 1.40. The van der Waals surface area contributed by atoms with Crippen LogP contribution < -0.4 is 0 Å². The Hall–Kier alpha value is -0.460. The van der Waals surface area contributed by atoms with Gasteiger partial charge in [0.1, 0.15) is 0 Å². The highest BCUT2D eigenvalue weighted by molar-refractivity contribution is 4.92. The van der Waals surface area contributed by atoms with Crippen molar-refractivity contribution in [1.82, 2.24) is 4.90 Å². The summed E-state index contributed by atoms with van der Waals surface area (Å²) in [5, 5.41) is 0. The zero-order chi connectivity index (χ0) is 7.28. The molecule has 1 aliphatic rings. The summed E-state index contributed by atoms with van der Waals surface area (Å²) in [4.78, 5) is 2.28. The summed E-state index contributed by atoms with van der Waals surface area (Å²) in [5.41, 5.74) is 1.21. The molecule has 0 amide bonds. The largest absolute Gasteiger partial charge is 0.375 e. The smallest absolute Gasteiger partial charge is 0.0191 e. The Morgan fingerprint density at radius 2 is 1.78 bits per heavy atom. The standard InChI is InChI=1S/C6H11N.C2H6/c1-6(2)7-4-3-5-7;1-2/h1,3-5H2,2H3;1-2H3. The molecule has 1 saturated heterocycles. The Kier molecular flexibility index (Phi) is 4.20. The molecule has 0 N–H and O–H groups in total. The van der Waals surface area contributed by atoms with Gasteiger partial charge in [-0.25, -0.2) is 0 Å². The summed E-state index contributed by atoms with van der Waals surface area (Å²) in [7, 11) is 0. The van der Waals surface area contributed by atoms with Gasteiger partial charge in [0.15, 0.2) is 0 Å². The Morgan fingerprint density at radius 3 is 1.78 bits per heavy atom. The van der Waals surface area contributed by atoms with E-state index in [0.717, 1.165) is 0 Å². The molecule has 0 spiro atoms. The van der Waals surface area contributed by atoms with Gasteiger partial charge >= 0.3 is 0 Å². The van der Waals surface area contributed by atoms with Crippen LogP contribution in [0.4, 0.5) is 0 Å². The maximum absolute atomic E-state index is 3.80. The molecule has 54 valence electrons. The lowest BCUT2D eigenvalue weighted by Gasteiger charge is -2.32. The maximum Gasteiger partial charge on any atom is 0.0191 e. The van der Waals surface area contributed by atoms with E-state index in [0.29, 0.717) is 0 Å². The lowest BCUT2D eigenvalue weighted by molar-refractivity contribution is 0.240. The van der Waals surface area contributed by atoms with Crippen molar-refractivity contribution in [2.75, 3.05) is 13.1 Å². The predicted octanol–water partition coefficient (Wildman–Crippen LogP) is 2.25. The number of nitrogens with zero attached hydrogens (tertiary/aromatic N) is 1. The highest BCUT2D eigenvalue weighted by Crippen LogP contribution is 2.10. The number of hydrogen-bond donors (Lipinski definition) is 0. The number of hydrogen-bond acceptors (Lipinski definition) is 1. The Morgan fingerprint density at radius 1 is 1.33 bits per heavy atom. The van der Waals surface area contributed by atoms with Gasteiger partial charge in [0.05, 0.1) is 0 Å². The van der Waals surface area contributed by atoms with Crippen molar-refractivity contribution in [2.45, 2.75) is 27.2 Å². The van der Waals surface area contributed by atoms with Crippen LogP contribution in [-0.4, -0.2) is 18.0 Å². The molecule has 0 radical (unpaired) electrons. The van der Waals surface area contributed by atoms with Gasteiger partial charge in [-0.3, -0.25) is 0 Å². The molecule has 0 aromatic carbocycles. The second kappa shape index (κ2) is 4.42. The van der Waals surface area contributed by atoms with Crippen molar-refractivity contribution in [1.29, 1.82) is 0 Å². The molecular weight excluding hydrogens is 110 g/mol. The minimum Gasteiger partial charge on any atom is -0.375 e. The first-order valence-electron chi connectivity index (χ1n) is 3.71. The van der Waals surface area contributed by atoms with Gasteiger partial charge in [-0.15, -0.1) is 0 Å². The van der Waals surface area contributed by atoms with Crippen molar-refractivity contribution in [3.05, 3.63) is 12.3 Å². The molecule has 0 saturated carbocycles. The monoisotopic (exact) mass is 127 g/mol. The zero-order valence-electron chi connectivity index (χ0n) is 6.78. The van der Waals surface area contributed by atoms with Crippen molar-refractivity contribution >= 4 is 0 Å². The zero-order valence-corrected chi connectivity index (χ0v) is 6.78. The highest BCUT2D eigenvalue weighted by Gasteiger charge is 2.10. The van der Waals surface area contributed by atoms with Crippen LogP contribution in [0.3, 0.4) is 0 Å². The first-order valence-corrected chi connectivity index (χ1v) is 3.71. The molecule has 0 aromatic heterocycles. The van der Waals surface area contributed by atoms with Crippen LogP contribution in [0.25, 0.3) is 0 Å². The fourth-order valence-electron chi connectivity index (χ4n) is 0.698. The van der Waals surface area contributed by atoms with Gasteiger partial charge in [-0.1, -0.05) is 20.4 Å². The summed E-state index contributed by atoms with van der Waals surface area (Å²) in [6, 6.07) is 0. The summed E-state index contributed by atoms with van der Waals surface area (Å²) in [6.07, 6.45) is 1.35. The predicted molar refractivity (Wildman–Crippen MR) is 42.4 cm³/mol. The van der Waals surface area contributed by atoms with Crippen LogP contribution in [-0.2, 0) is 0 Å². The van der Waals surface area contributed by atoms with Gasteiger partial charge in [0.2, 0.25) is 0 Å². The average molecular weight is 127 g/mol. The van der Waals surface area contributed by atoms with E-state index in [2.05, 4.69) is 18.4 Å².